The van der Waals surface area contributed by atoms with Gasteiger partial charge in [-0.3, -0.25) is 9.88 Å². The summed E-state index contributed by atoms with van der Waals surface area (Å²) in [5.41, 5.74) is 10.4. The number of hydrogen-bond acceptors (Lipinski definition) is 3. The lowest BCUT2D eigenvalue weighted by Gasteiger charge is -2.34. The fraction of sp³-hybridized carbons (Fsp3) is 0.706. The lowest BCUT2D eigenvalue weighted by Crippen LogP contribution is -2.35. The number of nitrogens with zero attached hydrogens (tertiary/aromatic N) is 2. The molecule has 0 atom stereocenters. The summed E-state index contributed by atoms with van der Waals surface area (Å²) >= 11 is 0. The van der Waals surface area contributed by atoms with Crippen molar-refractivity contribution in [2.75, 3.05) is 12.8 Å². The second-order valence-corrected chi connectivity index (χ2v) is 6.42. The highest BCUT2D eigenvalue weighted by atomic mass is 15.1. The van der Waals surface area contributed by atoms with Gasteiger partial charge in [-0.25, -0.2) is 0 Å². The molecule has 2 rings (SSSR count). The highest BCUT2D eigenvalue weighted by Crippen LogP contribution is 2.30. The molecule has 1 fully saturated rings. The highest BCUT2D eigenvalue weighted by molar-refractivity contribution is 5.53. The molecule has 0 saturated heterocycles. The molecule has 2 N–H and O–H groups in total. The molecule has 1 saturated carbocycles. The number of anilines is 1. The summed E-state index contributed by atoms with van der Waals surface area (Å²) in [5.74, 6) is 0.953. The van der Waals surface area contributed by atoms with E-state index >= 15 is 0 Å². The first kappa shape index (κ1) is 15.3. The highest BCUT2D eigenvalue weighted by Gasteiger charge is 2.23. The zero-order valence-corrected chi connectivity index (χ0v) is 13.4. The monoisotopic (exact) mass is 275 g/mol. The Kier molecular flexibility index (Phi) is 5.03. The van der Waals surface area contributed by atoms with Gasteiger partial charge in [-0.1, -0.05) is 13.3 Å². The van der Waals surface area contributed by atoms with Crippen LogP contribution < -0.4 is 5.73 Å². The first-order chi connectivity index (χ1) is 9.52. The van der Waals surface area contributed by atoms with Crippen LogP contribution in [0.2, 0.25) is 0 Å². The van der Waals surface area contributed by atoms with Crippen LogP contribution in [0.1, 0.15) is 55.8 Å². The van der Waals surface area contributed by atoms with Crippen LogP contribution in [0.15, 0.2) is 6.20 Å². The van der Waals surface area contributed by atoms with E-state index in [1.165, 1.54) is 32.1 Å². The van der Waals surface area contributed by atoms with Crippen molar-refractivity contribution in [3.05, 3.63) is 23.0 Å². The van der Waals surface area contributed by atoms with Crippen LogP contribution in [0.4, 0.5) is 5.69 Å². The molecule has 1 heterocycles. The van der Waals surface area contributed by atoms with E-state index in [0.717, 1.165) is 35.0 Å². The van der Waals surface area contributed by atoms with E-state index in [4.69, 9.17) is 5.73 Å². The van der Waals surface area contributed by atoms with Gasteiger partial charge < -0.3 is 5.73 Å². The summed E-state index contributed by atoms with van der Waals surface area (Å²) in [5, 5.41) is 0. The SMILES string of the molecule is CCC1CCC(N(C)Cc2ncc(C)c(N)c2C)CC1. The average Bonchev–Trinajstić information content (AvgIpc) is 2.48. The number of nitrogen functional groups attached to an aromatic ring is 1. The third-order valence-electron chi connectivity index (χ3n) is 5.09. The molecule has 1 aromatic rings. The van der Waals surface area contributed by atoms with Gasteiger partial charge in [-0.15, -0.1) is 0 Å². The number of pyridine rings is 1. The summed E-state index contributed by atoms with van der Waals surface area (Å²) in [7, 11) is 2.23. The molecule has 0 spiro atoms. The molecule has 112 valence electrons. The molecule has 3 nitrogen and oxygen atoms in total. The van der Waals surface area contributed by atoms with Gasteiger partial charge in [0.2, 0.25) is 0 Å². The van der Waals surface area contributed by atoms with Crippen LogP contribution in [0, 0.1) is 19.8 Å². The van der Waals surface area contributed by atoms with Crippen LogP contribution in [-0.4, -0.2) is 23.0 Å². The van der Waals surface area contributed by atoms with E-state index in [1.54, 1.807) is 0 Å². The van der Waals surface area contributed by atoms with Gasteiger partial charge in [0.1, 0.15) is 0 Å². The Bertz CT molecular complexity index is 448. The average molecular weight is 275 g/mol. The Balaban J connectivity index is 1.98. The maximum atomic E-state index is 6.11. The topological polar surface area (TPSA) is 42.2 Å². The molecule has 1 aromatic heterocycles. The third kappa shape index (κ3) is 3.32. The van der Waals surface area contributed by atoms with Crippen molar-refractivity contribution in [3.63, 3.8) is 0 Å². The van der Waals surface area contributed by atoms with Gasteiger partial charge in [0.05, 0.1) is 5.69 Å². The Morgan fingerprint density at radius 3 is 2.50 bits per heavy atom. The van der Waals surface area contributed by atoms with Crippen LogP contribution in [0.25, 0.3) is 0 Å². The molecule has 0 bridgehead atoms. The van der Waals surface area contributed by atoms with Gasteiger partial charge in [-0.05, 0) is 63.6 Å². The normalized spacial score (nSPS) is 23.2. The number of aryl methyl sites for hydroxylation is 1. The largest absolute Gasteiger partial charge is 0.398 e. The second-order valence-electron chi connectivity index (χ2n) is 6.42. The minimum absolute atomic E-state index is 0.710. The van der Waals surface area contributed by atoms with Gasteiger partial charge in [0.25, 0.3) is 0 Å². The minimum Gasteiger partial charge on any atom is -0.398 e. The molecule has 0 aromatic carbocycles. The molecule has 0 unspecified atom stereocenters. The summed E-state index contributed by atoms with van der Waals surface area (Å²) in [4.78, 5) is 7.05. The Morgan fingerprint density at radius 2 is 1.90 bits per heavy atom. The van der Waals surface area contributed by atoms with Crippen LogP contribution in [0.3, 0.4) is 0 Å². The number of hydrogen-bond donors (Lipinski definition) is 1. The van der Waals surface area contributed by atoms with Crippen molar-refractivity contribution in [2.45, 2.75) is 65.5 Å². The molecular formula is C17H29N3. The van der Waals surface area contributed by atoms with E-state index < -0.39 is 0 Å². The maximum Gasteiger partial charge on any atom is 0.0593 e. The summed E-state index contributed by atoms with van der Waals surface area (Å²) in [6.45, 7) is 7.34. The summed E-state index contributed by atoms with van der Waals surface area (Å²) in [6.07, 6.45) is 8.66. The van der Waals surface area contributed by atoms with Gasteiger partial charge >= 0.3 is 0 Å². The van der Waals surface area contributed by atoms with E-state index in [1.807, 2.05) is 13.1 Å². The van der Waals surface area contributed by atoms with Gasteiger partial charge in [0, 0.05) is 24.5 Å². The van der Waals surface area contributed by atoms with Crippen LogP contribution >= 0.6 is 0 Å². The van der Waals surface area contributed by atoms with Crippen molar-refractivity contribution in [2.24, 2.45) is 5.92 Å². The van der Waals surface area contributed by atoms with Gasteiger partial charge in [0.15, 0.2) is 0 Å². The number of nitrogens with two attached hydrogens (primary N) is 1. The fourth-order valence-corrected chi connectivity index (χ4v) is 3.31. The van der Waals surface area contributed by atoms with Crippen LogP contribution in [-0.2, 0) is 6.54 Å². The first-order valence-corrected chi connectivity index (χ1v) is 7.93. The maximum absolute atomic E-state index is 6.11. The molecular weight excluding hydrogens is 246 g/mol. The Labute approximate surface area is 123 Å². The van der Waals surface area contributed by atoms with E-state index in [-0.39, 0.29) is 0 Å². The predicted molar refractivity (Wildman–Crippen MR) is 85.6 cm³/mol. The molecule has 1 aliphatic rings. The van der Waals surface area contributed by atoms with E-state index in [2.05, 4.69) is 30.8 Å². The zero-order chi connectivity index (χ0) is 14.7. The van der Waals surface area contributed by atoms with Crippen molar-refractivity contribution < 1.29 is 0 Å². The summed E-state index contributed by atoms with van der Waals surface area (Å²) < 4.78 is 0. The molecule has 3 heteroatoms. The lowest BCUT2D eigenvalue weighted by molar-refractivity contribution is 0.156. The smallest absolute Gasteiger partial charge is 0.0593 e. The molecule has 1 aliphatic carbocycles. The Hall–Kier alpha value is -1.09. The lowest BCUT2D eigenvalue weighted by atomic mass is 9.84. The van der Waals surface area contributed by atoms with Crippen molar-refractivity contribution in [1.29, 1.82) is 0 Å². The second kappa shape index (κ2) is 6.57. The quantitative estimate of drug-likeness (QED) is 0.911. The van der Waals surface area contributed by atoms with E-state index in [0.29, 0.717) is 6.04 Å². The van der Waals surface area contributed by atoms with Crippen molar-refractivity contribution in [3.8, 4) is 0 Å². The minimum atomic E-state index is 0.710. The number of rotatable bonds is 4. The van der Waals surface area contributed by atoms with Crippen molar-refractivity contribution >= 4 is 5.69 Å². The molecule has 0 amide bonds. The molecule has 0 aliphatic heterocycles. The number of aromatic nitrogens is 1. The molecule has 20 heavy (non-hydrogen) atoms. The fourth-order valence-electron chi connectivity index (χ4n) is 3.31. The zero-order valence-electron chi connectivity index (χ0n) is 13.4. The third-order valence-corrected chi connectivity index (χ3v) is 5.09. The predicted octanol–water partition coefficient (Wildman–Crippen LogP) is 3.68. The molecule has 0 radical (unpaired) electrons. The van der Waals surface area contributed by atoms with Crippen molar-refractivity contribution in [1.82, 2.24) is 9.88 Å². The van der Waals surface area contributed by atoms with E-state index in [9.17, 15) is 0 Å². The standard InChI is InChI=1S/C17H29N3/c1-5-14-6-8-15(9-7-14)20(4)11-16-13(3)17(18)12(2)10-19-16/h10,14-15H,5-9,11H2,1-4H3,(H2,18,19). The van der Waals surface area contributed by atoms with Crippen LogP contribution in [0.5, 0.6) is 0 Å². The first-order valence-electron chi connectivity index (χ1n) is 7.93. The summed E-state index contributed by atoms with van der Waals surface area (Å²) in [6, 6.07) is 0.710. The van der Waals surface area contributed by atoms with Gasteiger partial charge in [-0.2, -0.15) is 0 Å². The Morgan fingerprint density at radius 1 is 1.25 bits per heavy atom.